The van der Waals surface area contributed by atoms with Crippen LogP contribution in [0.2, 0.25) is 0 Å². The number of aryl methyl sites for hydroxylation is 2. The van der Waals surface area contributed by atoms with Crippen LogP contribution in [0.5, 0.6) is 11.5 Å². The Labute approximate surface area is 193 Å². The molecular formula is C27H26N2O4. The Bertz CT molecular complexity index is 1260. The maximum absolute atomic E-state index is 13.8. The van der Waals surface area contributed by atoms with E-state index in [4.69, 9.17) is 9.47 Å². The molecule has 0 aromatic heterocycles. The maximum atomic E-state index is 13.8. The Morgan fingerprint density at radius 2 is 1.45 bits per heavy atom. The van der Waals surface area contributed by atoms with E-state index in [2.05, 4.69) is 0 Å². The highest BCUT2D eigenvalue weighted by Gasteiger charge is 2.42. The van der Waals surface area contributed by atoms with Crippen LogP contribution in [-0.2, 0) is 9.59 Å². The number of rotatable bonds is 6. The molecule has 0 unspecified atom stereocenters. The largest absolute Gasteiger partial charge is 0.493 e. The molecule has 33 heavy (non-hydrogen) atoms. The van der Waals surface area contributed by atoms with Gasteiger partial charge in [0.05, 0.1) is 25.5 Å². The number of anilines is 2. The second-order valence-electron chi connectivity index (χ2n) is 7.90. The normalized spacial score (nSPS) is 13.5. The number of benzene rings is 3. The summed E-state index contributed by atoms with van der Waals surface area (Å²) in [6.07, 6.45) is 0. The van der Waals surface area contributed by atoms with E-state index in [1.54, 1.807) is 43.3 Å². The summed E-state index contributed by atoms with van der Waals surface area (Å²) < 4.78 is 10.8. The molecule has 0 saturated carbocycles. The van der Waals surface area contributed by atoms with Gasteiger partial charge in [-0.1, -0.05) is 30.3 Å². The van der Waals surface area contributed by atoms with Gasteiger partial charge in [0.2, 0.25) is 0 Å². The topological polar surface area (TPSA) is 59.1 Å². The third-order valence-electron chi connectivity index (χ3n) is 5.96. The van der Waals surface area contributed by atoms with E-state index in [1.807, 2.05) is 56.3 Å². The summed E-state index contributed by atoms with van der Waals surface area (Å²) in [5.74, 6) is 0.268. The summed E-state index contributed by atoms with van der Waals surface area (Å²) in [6.45, 7) is 3.96. The van der Waals surface area contributed by atoms with Gasteiger partial charge in [-0.05, 0) is 66.9 Å². The van der Waals surface area contributed by atoms with Crippen molar-refractivity contribution in [2.45, 2.75) is 13.8 Å². The van der Waals surface area contributed by atoms with Crippen molar-refractivity contribution in [1.82, 2.24) is 0 Å². The van der Waals surface area contributed by atoms with Gasteiger partial charge >= 0.3 is 0 Å². The van der Waals surface area contributed by atoms with Crippen molar-refractivity contribution in [2.75, 3.05) is 31.1 Å². The van der Waals surface area contributed by atoms with Crippen LogP contribution in [0, 0.1) is 13.8 Å². The Kier molecular flexibility index (Phi) is 5.92. The van der Waals surface area contributed by atoms with E-state index in [1.165, 1.54) is 12.0 Å². The standard InChI is InChI=1S/C27H26N2O4/c1-17-11-13-21(15-18(17)2)29-26(30)24(19-12-14-22(32-4)23(16-19)33-5)25(27(29)31)28(3)20-9-7-6-8-10-20/h6-16H,1-5H3. The smallest absolute Gasteiger partial charge is 0.282 e. The minimum absolute atomic E-state index is 0.302. The zero-order valence-electron chi connectivity index (χ0n) is 19.4. The Hall–Kier alpha value is -4.06. The molecule has 0 fully saturated rings. The van der Waals surface area contributed by atoms with Gasteiger partial charge in [0, 0.05) is 12.7 Å². The zero-order chi connectivity index (χ0) is 23.7. The molecule has 0 spiro atoms. The fourth-order valence-electron chi connectivity index (χ4n) is 3.96. The average Bonchev–Trinajstić information content (AvgIpc) is 3.10. The van der Waals surface area contributed by atoms with Crippen LogP contribution in [0.3, 0.4) is 0 Å². The van der Waals surface area contributed by atoms with Gasteiger partial charge < -0.3 is 14.4 Å². The molecule has 0 aliphatic carbocycles. The lowest BCUT2D eigenvalue weighted by Gasteiger charge is -2.22. The predicted molar refractivity (Wildman–Crippen MR) is 130 cm³/mol. The van der Waals surface area contributed by atoms with E-state index >= 15 is 0 Å². The van der Waals surface area contributed by atoms with E-state index in [0.717, 1.165) is 16.8 Å². The molecular weight excluding hydrogens is 416 g/mol. The van der Waals surface area contributed by atoms with Crippen molar-refractivity contribution >= 4 is 28.8 Å². The van der Waals surface area contributed by atoms with Crippen LogP contribution in [-0.4, -0.2) is 33.1 Å². The first-order valence-corrected chi connectivity index (χ1v) is 10.6. The van der Waals surface area contributed by atoms with Gasteiger partial charge in [-0.25, -0.2) is 4.90 Å². The number of likely N-dealkylation sites (N-methyl/N-ethyl adjacent to an activating group) is 1. The lowest BCUT2D eigenvalue weighted by molar-refractivity contribution is -0.120. The zero-order valence-corrected chi connectivity index (χ0v) is 19.4. The molecule has 6 nitrogen and oxygen atoms in total. The van der Waals surface area contributed by atoms with Gasteiger partial charge in [-0.15, -0.1) is 0 Å². The van der Waals surface area contributed by atoms with Crippen LogP contribution in [0.4, 0.5) is 11.4 Å². The fourth-order valence-corrected chi connectivity index (χ4v) is 3.96. The third-order valence-corrected chi connectivity index (χ3v) is 5.96. The number of carbonyl (C=O) groups excluding carboxylic acids is 2. The van der Waals surface area contributed by atoms with Crippen molar-refractivity contribution in [1.29, 1.82) is 0 Å². The summed E-state index contributed by atoms with van der Waals surface area (Å²) >= 11 is 0. The van der Waals surface area contributed by atoms with Gasteiger partial charge in [-0.2, -0.15) is 0 Å². The molecule has 2 amide bonds. The highest BCUT2D eigenvalue weighted by atomic mass is 16.5. The molecule has 3 aromatic rings. The number of hydrogen-bond acceptors (Lipinski definition) is 5. The Balaban J connectivity index is 1.90. The van der Waals surface area contributed by atoms with Crippen molar-refractivity contribution in [3.8, 4) is 11.5 Å². The van der Waals surface area contributed by atoms with Crippen molar-refractivity contribution in [3.05, 3.63) is 89.1 Å². The summed E-state index contributed by atoms with van der Waals surface area (Å²) in [6, 6.07) is 20.3. The number of para-hydroxylation sites is 1. The average molecular weight is 443 g/mol. The summed E-state index contributed by atoms with van der Waals surface area (Å²) in [5.41, 5.74) is 4.63. The van der Waals surface area contributed by atoms with Gasteiger partial charge in [0.25, 0.3) is 11.8 Å². The number of carbonyl (C=O) groups is 2. The summed E-state index contributed by atoms with van der Waals surface area (Å²) in [7, 11) is 4.88. The second kappa shape index (κ2) is 8.82. The molecule has 3 aromatic carbocycles. The molecule has 0 N–H and O–H groups in total. The van der Waals surface area contributed by atoms with Crippen molar-refractivity contribution in [2.24, 2.45) is 0 Å². The van der Waals surface area contributed by atoms with Crippen LogP contribution in [0.25, 0.3) is 5.57 Å². The molecule has 1 aliphatic heterocycles. The van der Waals surface area contributed by atoms with Crippen LogP contribution < -0.4 is 19.3 Å². The van der Waals surface area contributed by atoms with Crippen LogP contribution >= 0.6 is 0 Å². The highest BCUT2D eigenvalue weighted by molar-refractivity contribution is 6.46. The molecule has 4 rings (SSSR count). The van der Waals surface area contributed by atoms with E-state index in [9.17, 15) is 9.59 Å². The second-order valence-corrected chi connectivity index (χ2v) is 7.90. The fraction of sp³-hybridized carbons (Fsp3) is 0.185. The lowest BCUT2D eigenvalue weighted by atomic mass is 10.0. The number of nitrogens with zero attached hydrogens (tertiary/aromatic N) is 2. The monoisotopic (exact) mass is 442 g/mol. The number of hydrogen-bond donors (Lipinski definition) is 0. The first-order chi connectivity index (χ1) is 15.9. The molecule has 0 radical (unpaired) electrons. The molecule has 1 heterocycles. The first kappa shape index (κ1) is 22.1. The molecule has 0 bridgehead atoms. The van der Waals surface area contributed by atoms with Gasteiger partial charge in [-0.3, -0.25) is 9.59 Å². The summed E-state index contributed by atoms with van der Waals surface area (Å²) in [5, 5.41) is 0. The Morgan fingerprint density at radius 3 is 2.09 bits per heavy atom. The molecule has 0 saturated heterocycles. The Morgan fingerprint density at radius 1 is 0.758 bits per heavy atom. The van der Waals surface area contributed by atoms with E-state index in [-0.39, 0.29) is 11.8 Å². The quantitative estimate of drug-likeness (QED) is 0.516. The van der Waals surface area contributed by atoms with Gasteiger partial charge in [0.15, 0.2) is 11.5 Å². The van der Waals surface area contributed by atoms with Crippen molar-refractivity contribution < 1.29 is 19.1 Å². The number of amides is 2. The minimum atomic E-state index is -0.381. The lowest BCUT2D eigenvalue weighted by Crippen LogP contribution is -2.34. The van der Waals surface area contributed by atoms with Crippen molar-refractivity contribution in [3.63, 3.8) is 0 Å². The molecule has 6 heteroatoms. The maximum Gasteiger partial charge on any atom is 0.282 e. The predicted octanol–water partition coefficient (Wildman–Crippen LogP) is 4.74. The molecule has 1 aliphatic rings. The molecule has 168 valence electrons. The van der Waals surface area contributed by atoms with Gasteiger partial charge in [0.1, 0.15) is 5.70 Å². The van der Waals surface area contributed by atoms with Crippen LogP contribution in [0.1, 0.15) is 16.7 Å². The SMILES string of the molecule is COc1ccc(C2=C(N(C)c3ccccc3)C(=O)N(c3ccc(C)c(C)c3)C2=O)cc1OC. The third kappa shape index (κ3) is 3.84. The molecule has 0 atom stereocenters. The number of ether oxygens (including phenoxy) is 2. The minimum Gasteiger partial charge on any atom is -0.493 e. The number of methoxy groups -OCH3 is 2. The van der Waals surface area contributed by atoms with E-state index < -0.39 is 0 Å². The first-order valence-electron chi connectivity index (χ1n) is 10.6. The summed E-state index contributed by atoms with van der Waals surface area (Å²) in [4.78, 5) is 30.5. The van der Waals surface area contributed by atoms with E-state index in [0.29, 0.717) is 34.0 Å². The number of imide groups is 1. The highest BCUT2D eigenvalue weighted by Crippen LogP contribution is 2.39. The van der Waals surface area contributed by atoms with Crippen LogP contribution in [0.15, 0.2) is 72.4 Å².